The standard InChI is InChI=1S/C23H19F5N/c24-18-6-3-4-15(14-18)8-12-19-20(23(26,27)28)13-11-17(22(19)25)10-9-16-5-1-2-7-21(16)29/h1-8,11,13-14H,9-10,12,29H2. The first-order valence-corrected chi connectivity index (χ1v) is 9.05. The number of nitrogens with two attached hydrogens (primary N) is 1. The van der Waals surface area contributed by atoms with Crippen molar-refractivity contribution in [2.24, 2.45) is 0 Å². The van der Waals surface area contributed by atoms with Crippen molar-refractivity contribution in [1.82, 2.24) is 0 Å². The average molecular weight is 404 g/mol. The van der Waals surface area contributed by atoms with E-state index < -0.39 is 28.9 Å². The van der Waals surface area contributed by atoms with Gasteiger partial charge in [-0.15, -0.1) is 0 Å². The second kappa shape index (κ2) is 8.64. The largest absolute Gasteiger partial charge is 0.416 e. The molecule has 0 aliphatic heterocycles. The summed E-state index contributed by atoms with van der Waals surface area (Å²) >= 11 is 0. The molecule has 0 amide bonds. The number of anilines is 1. The highest BCUT2D eigenvalue weighted by Gasteiger charge is 2.35. The third-order valence-electron chi connectivity index (χ3n) is 4.74. The van der Waals surface area contributed by atoms with Crippen LogP contribution in [0.25, 0.3) is 0 Å². The Bertz CT molecular complexity index is 995. The summed E-state index contributed by atoms with van der Waals surface area (Å²) in [6.45, 7) is 0. The van der Waals surface area contributed by atoms with Crippen molar-refractivity contribution in [2.45, 2.75) is 25.4 Å². The molecule has 0 aliphatic rings. The Kier molecular flexibility index (Phi) is 6.20. The predicted molar refractivity (Wildman–Crippen MR) is 103 cm³/mol. The lowest BCUT2D eigenvalue weighted by Gasteiger charge is -2.16. The number of benzene rings is 3. The van der Waals surface area contributed by atoms with E-state index in [1.165, 1.54) is 30.7 Å². The molecule has 29 heavy (non-hydrogen) atoms. The van der Waals surface area contributed by atoms with Crippen LogP contribution in [0.2, 0.25) is 0 Å². The lowest BCUT2D eigenvalue weighted by atomic mass is 9.94. The Balaban J connectivity index is 1.87. The molecule has 0 heterocycles. The Hall–Kier alpha value is -2.89. The number of halogens is 5. The van der Waals surface area contributed by atoms with E-state index in [0.717, 1.165) is 11.6 Å². The zero-order valence-electron chi connectivity index (χ0n) is 15.4. The summed E-state index contributed by atoms with van der Waals surface area (Å²) in [5.74, 6) is -1.40. The van der Waals surface area contributed by atoms with Crippen LogP contribution in [-0.4, -0.2) is 0 Å². The Morgan fingerprint density at radius 1 is 0.828 bits per heavy atom. The van der Waals surface area contributed by atoms with Crippen molar-refractivity contribution >= 4 is 5.69 Å². The highest BCUT2D eigenvalue weighted by atomic mass is 19.4. The minimum atomic E-state index is -4.69. The highest BCUT2D eigenvalue weighted by Crippen LogP contribution is 2.35. The number of para-hydroxylation sites is 1. The molecule has 0 bridgehead atoms. The Morgan fingerprint density at radius 3 is 2.24 bits per heavy atom. The van der Waals surface area contributed by atoms with Gasteiger partial charge in [0.05, 0.1) is 5.56 Å². The normalized spacial score (nSPS) is 11.6. The second-order valence-electron chi connectivity index (χ2n) is 6.72. The third-order valence-corrected chi connectivity index (χ3v) is 4.74. The maximum absolute atomic E-state index is 15.0. The van der Waals surface area contributed by atoms with Crippen LogP contribution in [0.3, 0.4) is 0 Å². The van der Waals surface area contributed by atoms with Crippen LogP contribution < -0.4 is 5.73 Å². The van der Waals surface area contributed by atoms with Crippen LogP contribution in [0, 0.1) is 18.1 Å². The molecule has 0 aromatic heterocycles. The van der Waals surface area contributed by atoms with Crippen molar-refractivity contribution in [2.75, 3.05) is 5.73 Å². The van der Waals surface area contributed by atoms with Crippen molar-refractivity contribution in [3.63, 3.8) is 0 Å². The minimum absolute atomic E-state index is 0.184. The van der Waals surface area contributed by atoms with Gasteiger partial charge in [0.15, 0.2) is 0 Å². The first-order chi connectivity index (χ1) is 13.8. The molecule has 3 aromatic carbocycles. The van der Waals surface area contributed by atoms with E-state index in [9.17, 15) is 17.6 Å². The molecule has 3 rings (SSSR count). The number of aryl methyl sites for hydroxylation is 2. The maximum Gasteiger partial charge on any atom is 0.416 e. The summed E-state index contributed by atoms with van der Waals surface area (Å²) in [5.41, 5.74) is 6.35. The molecule has 1 radical (unpaired) electrons. The van der Waals surface area contributed by atoms with E-state index in [0.29, 0.717) is 17.7 Å². The van der Waals surface area contributed by atoms with Crippen molar-refractivity contribution < 1.29 is 22.0 Å². The van der Waals surface area contributed by atoms with Crippen LogP contribution >= 0.6 is 0 Å². The predicted octanol–water partition coefficient (Wildman–Crippen LogP) is 6.15. The fourth-order valence-electron chi connectivity index (χ4n) is 3.21. The maximum atomic E-state index is 15.0. The summed E-state index contributed by atoms with van der Waals surface area (Å²) in [5, 5.41) is 0. The summed E-state index contributed by atoms with van der Waals surface area (Å²) in [4.78, 5) is 0. The van der Waals surface area contributed by atoms with Gasteiger partial charge in [-0.3, -0.25) is 0 Å². The molecule has 0 saturated carbocycles. The summed E-state index contributed by atoms with van der Waals surface area (Å²) < 4.78 is 68.5. The number of hydrogen-bond donors (Lipinski definition) is 1. The van der Waals surface area contributed by atoms with E-state index in [2.05, 4.69) is 0 Å². The molecule has 2 N–H and O–H groups in total. The Labute approximate surface area is 166 Å². The zero-order valence-corrected chi connectivity index (χ0v) is 15.4. The molecule has 151 valence electrons. The van der Waals surface area contributed by atoms with Gasteiger partial charge >= 0.3 is 6.18 Å². The molecule has 0 spiro atoms. The van der Waals surface area contributed by atoms with Crippen molar-refractivity contribution in [3.8, 4) is 0 Å². The second-order valence-corrected chi connectivity index (χ2v) is 6.72. The van der Waals surface area contributed by atoms with Gasteiger partial charge in [-0.25, -0.2) is 8.78 Å². The van der Waals surface area contributed by atoms with Gasteiger partial charge < -0.3 is 5.73 Å². The SMILES string of the molecule is Nc1ccccc1CCc1ccc(C(F)(F)F)c(C[CH]c2cccc(F)c2)c1F. The van der Waals surface area contributed by atoms with Crippen LogP contribution in [0.1, 0.15) is 27.8 Å². The van der Waals surface area contributed by atoms with Gasteiger partial charge in [-0.2, -0.15) is 13.2 Å². The van der Waals surface area contributed by atoms with Crippen LogP contribution in [0.4, 0.5) is 27.6 Å². The van der Waals surface area contributed by atoms with Crippen molar-refractivity contribution in [3.05, 3.63) is 107 Å². The molecule has 6 heteroatoms. The molecular weight excluding hydrogens is 385 g/mol. The molecule has 0 saturated heterocycles. The Morgan fingerprint density at radius 2 is 1.55 bits per heavy atom. The summed E-state index contributed by atoms with van der Waals surface area (Å²) in [6.07, 6.45) is -2.98. The first-order valence-electron chi connectivity index (χ1n) is 9.05. The van der Waals surface area contributed by atoms with Crippen molar-refractivity contribution in [1.29, 1.82) is 0 Å². The number of hydrogen-bond acceptors (Lipinski definition) is 1. The van der Waals surface area contributed by atoms with E-state index in [4.69, 9.17) is 5.73 Å². The molecule has 1 nitrogen and oxygen atoms in total. The quantitative estimate of drug-likeness (QED) is 0.387. The third kappa shape index (κ3) is 5.13. The fourth-order valence-corrected chi connectivity index (χ4v) is 3.21. The smallest absolute Gasteiger partial charge is 0.399 e. The topological polar surface area (TPSA) is 26.0 Å². The number of alkyl halides is 3. The summed E-state index contributed by atoms with van der Waals surface area (Å²) in [7, 11) is 0. The average Bonchev–Trinajstić information content (AvgIpc) is 2.66. The van der Waals surface area contributed by atoms with Gasteiger partial charge in [0, 0.05) is 11.3 Å². The van der Waals surface area contributed by atoms with Crippen LogP contribution in [0.15, 0.2) is 60.7 Å². The van der Waals surface area contributed by atoms with Gasteiger partial charge in [0.2, 0.25) is 0 Å². The van der Waals surface area contributed by atoms with E-state index >= 15 is 4.39 Å². The number of nitrogen functional groups attached to an aromatic ring is 1. The lowest BCUT2D eigenvalue weighted by Crippen LogP contribution is -2.13. The monoisotopic (exact) mass is 404 g/mol. The van der Waals surface area contributed by atoms with Crippen LogP contribution in [-0.2, 0) is 25.4 Å². The molecule has 0 atom stereocenters. The van der Waals surface area contributed by atoms with Gasteiger partial charge in [-0.05, 0) is 66.6 Å². The van der Waals surface area contributed by atoms with E-state index in [1.807, 2.05) is 0 Å². The summed E-state index contributed by atoms with van der Waals surface area (Å²) in [6, 6.07) is 14.6. The van der Waals surface area contributed by atoms with Gasteiger partial charge in [-0.1, -0.05) is 36.4 Å². The molecule has 0 aliphatic carbocycles. The van der Waals surface area contributed by atoms with E-state index in [1.54, 1.807) is 30.3 Å². The zero-order chi connectivity index (χ0) is 21.0. The van der Waals surface area contributed by atoms with E-state index in [-0.39, 0.29) is 18.4 Å². The molecular formula is C23H19F5N. The van der Waals surface area contributed by atoms with Crippen LogP contribution in [0.5, 0.6) is 0 Å². The number of rotatable bonds is 6. The fraction of sp³-hybridized carbons (Fsp3) is 0.174. The molecule has 0 fully saturated rings. The molecule has 0 unspecified atom stereocenters. The van der Waals surface area contributed by atoms with Gasteiger partial charge in [0.25, 0.3) is 0 Å². The minimum Gasteiger partial charge on any atom is -0.399 e. The highest BCUT2D eigenvalue weighted by molar-refractivity contribution is 5.47. The van der Waals surface area contributed by atoms with Gasteiger partial charge in [0.1, 0.15) is 11.6 Å². The first kappa shape index (κ1) is 20.8. The lowest BCUT2D eigenvalue weighted by molar-refractivity contribution is -0.138. The molecule has 3 aromatic rings.